The standard InChI is InChI=1S/C19H19NO7S/c1-24-13-8-9-14(15(10-13)25-2)17-16(21)18(19(20)26-17)27-28(22,23)11-12-6-4-3-5-7-12/h3-10,17H,11,20H2,1-2H3/t17-/m1/s1/i17D. The molecule has 0 fully saturated rings. The summed E-state index contributed by atoms with van der Waals surface area (Å²) >= 11 is 0. The molecule has 0 radical (unpaired) electrons. The monoisotopic (exact) mass is 406 g/mol. The fraction of sp³-hybridized carbons (Fsp3) is 0.211. The van der Waals surface area contributed by atoms with E-state index in [-0.39, 0.29) is 11.3 Å². The molecule has 1 aliphatic heterocycles. The second-order valence-electron chi connectivity index (χ2n) is 5.79. The van der Waals surface area contributed by atoms with E-state index in [1.165, 1.54) is 32.4 Å². The smallest absolute Gasteiger partial charge is 0.313 e. The number of ether oxygens (including phenoxy) is 3. The fourth-order valence-electron chi connectivity index (χ4n) is 2.59. The van der Waals surface area contributed by atoms with Crippen molar-refractivity contribution in [3.8, 4) is 11.5 Å². The van der Waals surface area contributed by atoms with Crippen molar-refractivity contribution in [3.63, 3.8) is 0 Å². The molecule has 0 aliphatic carbocycles. The lowest BCUT2D eigenvalue weighted by Crippen LogP contribution is -2.16. The van der Waals surface area contributed by atoms with Crippen molar-refractivity contribution in [2.24, 2.45) is 5.73 Å². The minimum atomic E-state index is -4.22. The van der Waals surface area contributed by atoms with Gasteiger partial charge in [-0.3, -0.25) is 4.79 Å². The molecular weight excluding hydrogens is 386 g/mol. The number of hydrogen-bond acceptors (Lipinski definition) is 8. The first-order valence-corrected chi connectivity index (χ1v) is 9.70. The van der Waals surface area contributed by atoms with Gasteiger partial charge in [-0.25, -0.2) is 0 Å². The van der Waals surface area contributed by atoms with Crippen LogP contribution < -0.4 is 15.2 Å². The van der Waals surface area contributed by atoms with Gasteiger partial charge in [-0.05, 0) is 17.7 Å². The van der Waals surface area contributed by atoms with Crippen molar-refractivity contribution < 1.29 is 33.0 Å². The SMILES string of the molecule is [2H][C@]1(c2ccc(OC)cc2OC)OC(N)=C(OS(=O)(=O)Cc2ccccc2)C1=O. The highest BCUT2D eigenvalue weighted by molar-refractivity contribution is 7.86. The normalized spacial score (nSPS) is 19.8. The molecule has 0 aromatic heterocycles. The van der Waals surface area contributed by atoms with Crippen molar-refractivity contribution in [2.45, 2.75) is 11.8 Å². The molecule has 0 saturated carbocycles. The third-order valence-electron chi connectivity index (χ3n) is 3.90. The van der Waals surface area contributed by atoms with Gasteiger partial charge in [0.15, 0.2) is 6.08 Å². The number of nitrogens with two attached hydrogens (primary N) is 1. The Hall–Kier alpha value is -3.20. The van der Waals surface area contributed by atoms with Crippen LogP contribution in [0.2, 0.25) is 0 Å². The third-order valence-corrected chi connectivity index (χ3v) is 5.01. The molecule has 0 spiro atoms. The maximum absolute atomic E-state index is 12.9. The van der Waals surface area contributed by atoms with Gasteiger partial charge < -0.3 is 24.1 Å². The number of carbonyl (C=O) groups is 1. The fourth-order valence-corrected chi connectivity index (χ4v) is 3.67. The molecule has 1 aliphatic rings. The lowest BCUT2D eigenvalue weighted by molar-refractivity contribution is -0.123. The Bertz CT molecular complexity index is 1070. The van der Waals surface area contributed by atoms with Gasteiger partial charge in [0.05, 0.1) is 15.6 Å². The first-order valence-electron chi connectivity index (χ1n) is 8.62. The summed E-state index contributed by atoms with van der Waals surface area (Å²) in [6, 6.07) is 12.7. The second-order valence-corrected chi connectivity index (χ2v) is 7.36. The predicted molar refractivity (Wildman–Crippen MR) is 99.7 cm³/mol. The first-order chi connectivity index (χ1) is 13.7. The quantitative estimate of drug-likeness (QED) is 0.695. The lowest BCUT2D eigenvalue weighted by atomic mass is 10.0. The van der Waals surface area contributed by atoms with Crippen LogP contribution in [0.1, 0.15) is 18.6 Å². The molecule has 3 rings (SSSR count). The molecule has 2 aromatic rings. The number of Topliss-reactive ketones (excluding diaryl/α,β-unsaturated/α-hetero) is 1. The van der Waals surface area contributed by atoms with Crippen LogP contribution in [0.15, 0.2) is 60.2 Å². The van der Waals surface area contributed by atoms with E-state index in [4.69, 9.17) is 25.5 Å². The largest absolute Gasteiger partial charge is 0.497 e. The van der Waals surface area contributed by atoms with Crippen LogP contribution >= 0.6 is 0 Å². The summed E-state index contributed by atoms with van der Waals surface area (Å²) in [5.74, 6) is -2.31. The van der Waals surface area contributed by atoms with Crippen LogP contribution in [0, 0.1) is 0 Å². The van der Waals surface area contributed by atoms with E-state index in [2.05, 4.69) is 0 Å². The van der Waals surface area contributed by atoms with Crippen molar-refractivity contribution in [1.29, 1.82) is 0 Å². The molecule has 0 amide bonds. The Morgan fingerprint density at radius 2 is 1.86 bits per heavy atom. The van der Waals surface area contributed by atoms with Gasteiger partial charge in [-0.2, -0.15) is 8.42 Å². The molecule has 28 heavy (non-hydrogen) atoms. The van der Waals surface area contributed by atoms with E-state index in [0.29, 0.717) is 11.3 Å². The minimum Gasteiger partial charge on any atom is -0.497 e. The molecular formula is C19H19NO7S. The first kappa shape index (κ1) is 18.2. The Balaban J connectivity index is 1.89. The summed E-state index contributed by atoms with van der Waals surface area (Å²) in [7, 11) is -1.42. The summed E-state index contributed by atoms with van der Waals surface area (Å²) in [4.78, 5) is 12.9. The van der Waals surface area contributed by atoms with Gasteiger partial charge in [-0.1, -0.05) is 30.3 Å². The molecule has 0 unspecified atom stereocenters. The molecule has 148 valence electrons. The predicted octanol–water partition coefficient (Wildman–Crippen LogP) is 2.02. The summed E-state index contributed by atoms with van der Waals surface area (Å²) in [5, 5.41) is 0. The van der Waals surface area contributed by atoms with Crippen LogP contribution in [0.25, 0.3) is 0 Å². The molecule has 8 nitrogen and oxygen atoms in total. The van der Waals surface area contributed by atoms with E-state index < -0.39 is 39.4 Å². The molecule has 9 heteroatoms. The van der Waals surface area contributed by atoms with Crippen molar-refractivity contribution in [3.05, 3.63) is 71.3 Å². The van der Waals surface area contributed by atoms with Gasteiger partial charge in [0.1, 0.15) is 17.3 Å². The van der Waals surface area contributed by atoms with Crippen LogP contribution in [-0.4, -0.2) is 28.4 Å². The Labute approximate surface area is 164 Å². The van der Waals surface area contributed by atoms with Crippen molar-refractivity contribution in [1.82, 2.24) is 0 Å². The maximum Gasteiger partial charge on any atom is 0.313 e. The van der Waals surface area contributed by atoms with Crippen LogP contribution in [0.3, 0.4) is 0 Å². The Kier molecular flexibility index (Phi) is 5.07. The molecule has 1 heterocycles. The molecule has 0 bridgehead atoms. The Morgan fingerprint density at radius 3 is 2.50 bits per heavy atom. The molecule has 2 aromatic carbocycles. The van der Waals surface area contributed by atoms with Crippen molar-refractivity contribution >= 4 is 15.9 Å². The zero-order chi connectivity index (χ0) is 21.2. The molecule has 0 saturated heterocycles. The Morgan fingerprint density at radius 1 is 1.14 bits per heavy atom. The summed E-state index contributed by atoms with van der Waals surface area (Å²) in [5.41, 5.74) is 6.18. The van der Waals surface area contributed by atoms with E-state index in [1.807, 2.05) is 0 Å². The maximum atomic E-state index is 12.9. The van der Waals surface area contributed by atoms with E-state index in [1.54, 1.807) is 30.3 Å². The van der Waals surface area contributed by atoms with Gasteiger partial charge in [0.25, 0.3) is 0 Å². The average Bonchev–Trinajstić information content (AvgIpc) is 2.91. The van der Waals surface area contributed by atoms with Gasteiger partial charge >= 0.3 is 10.1 Å². The van der Waals surface area contributed by atoms with Gasteiger partial charge in [0.2, 0.25) is 17.4 Å². The van der Waals surface area contributed by atoms with Crippen LogP contribution in [0.4, 0.5) is 0 Å². The number of hydrogen-bond donors (Lipinski definition) is 1. The molecule has 1 atom stereocenters. The highest BCUT2D eigenvalue weighted by Crippen LogP contribution is 2.38. The summed E-state index contributed by atoms with van der Waals surface area (Å²) in [6.07, 6.45) is -2.36. The van der Waals surface area contributed by atoms with E-state index in [0.717, 1.165) is 0 Å². The number of carbonyl (C=O) groups excluding carboxylic acids is 1. The molecule has 2 N–H and O–H groups in total. The number of ketones is 1. The highest BCUT2D eigenvalue weighted by Gasteiger charge is 2.41. The van der Waals surface area contributed by atoms with E-state index >= 15 is 0 Å². The average molecular weight is 406 g/mol. The van der Waals surface area contributed by atoms with E-state index in [9.17, 15) is 13.2 Å². The zero-order valence-electron chi connectivity index (χ0n) is 16.2. The van der Waals surface area contributed by atoms with Gasteiger partial charge in [0, 0.05) is 11.6 Å². The third kappa shape index (κ3) is 4.04. The second kappa shape index (κ2) is 7.81. The number of methoxy groups -OCH3 is 2. The van der Waals surface area contributed by atoms with Crippen molar-refractivity contribution in [2.75, 3.05) is 14.2 Å². The summed E-state index contributed by atoms with van der Waals surface area (Å²) < 4.78 is 53.7. The topological polar surface area (TPSA) is 114 Å². The highest BCUT2D eigenvalue weighted by atomic mass is 32.2. The van der Waals surface area contributed by atoms with Gasteiger partial charge in [-0.15, -0.1) is 0 Å². The zero-order valence-corrected chi connectivity index (χ0v) is 16.0. The van der Waals surface area contributed by atoms with Crippen LogP contribution in [0.5, 0.6) is 11.5 Å². The lowest BCUT2D eigenvalue weighted by Gasteiger charge is -2.15. The summed E-state index contributed by atoms with van der Waals surface area (Å²) in [6.45, 7) is 0. The van der Waals surface area contributed by atoms with Crippen LogP contribution in [-0.2, 0) is 29.6 Å². The minimum absolute atomic E-state index is 0.0211. The number of rotatable bonds is 7. The number of benzene rings is 2.